The fourth-order valence-electron chi connectivity index (χ4n) is 3.71. The first kappa shape index (κ1) is 18.1. The number of likely N-dealkylation sites (N-methyl/N-ethyl adjacent to an activating group) is 1. The largest absolute Gasteiger partial charge is 0.483 e. The molecule has 5 heteroatoms. The molecule has 0 spiro atoms. The highest BCUT2D eigenvalue weighted by Gasteiger charge is 2.30. The van der Waals surface area contributed by atoms with E-state index in [2.05, 4.69) is 11.4 Å². The number of nitrogens with one attached hydrogen (secondary N) is 1. The van der Waals surface area contributed by atoms with Crippen molar-refractivity contribution < 1.29 is 9.53 Å². The van der Waals surface area contributed by atoms with Gasteiger partial charge in [-0.25, -0.2) is 0 Å². The van der Waals surface area contributed by atoms with Crippen molar-refractivity contribution in [1.82, 2.24) is 10.2 Å². The first-order valence-electron chi connectivity index (χ1n) is 8.43. The Morgan fingerprint density at radius 2 is 2.04 bits per heavy atom. The second-order valence-corrected chi connectivity index (χ2v) is 6.47. The van der Waals surface area contributed by atoms with E-state index in [1.165, 1.54) is 24.8 Å². The number of amides is 1. The van der Waals surface area contributed by atoms with Gasteiger partial charge in [0.25, 0.3) is 5.91 Å². The van der Waals surface area contributed by atoms with Crippen LogP contribution < -0.4 is 10.1 Å². The van der Waals surface area contributed by atoms with Crippen LogP contribution in [0.15, 0.2) is 24.3 Å². The van der Waals surface area contributed by atoms with Gasteiger partial charge >= 0.3 is 0 Å². The van der Waals surface area contributed by atoms with Crippen molar-refractivity contribution in [3.63, 3.8) is 0 Å². The lowest BCUT2D eigenvalue weighted by Crippen LogP contribution is -2.51. The number of carbonyl (C=O) groups excluding carboxylic acids is 1. The monoisotopic (exact) mass is 338 g/mol. The van der Waals surface area contributed by atoms with Crippen molar-refractivity contribution in [2.75, 3.05) is 26.7 Å². The van der Waals surface area contributed by atoms with Crippen LogP contribution >= 0.6 is 12.4 Å². The summed E-state index contributed by atoms with van der Waals surface area (Å²) >= 11 is 0. The van der Waals surface area contributed by atoms with Crippen LogP contribution in [0.1, 0.15) is 31.2 Å². The van der Waals surface area contributed by atoms with Crippen molar-refractivity contribution in [3.05, 3.63) is 29.8 Å². The molecular weight excluding hydrogens is 312 g/mol. The Kier molecular flexibility index (Phi) is 6.72. The van der Waals surface area contributed by atoms with E-state index in [1.807, 2.05) is 30.1 Å². The average Bonchev–Trinajstić information content (AvgIpc) is 2.56. The van der Waals surface area contributed by atoms with Crippen molar-refractivity contribution in [3.8, 4) is 5.75 Å². The van der Waals surface area contributed by atoms with Gasteiger partial charge < -0.3 is 15.0 Å². The first-order valence-corrected chi connectivity index (χ1v) is 8.43. The highest BCUT2D eigenvalue weighted by molar-refractivity contribution is 5.85. The summed E-state index contributed by atoms with van der Waals surface area (Å²) in [4.78, 5) is 14.4. The molecule has 2 aliphatic rings. The number of rotatable bonds is 0. The van der Waals surface area contributed by atoms with Crippen molar-refractivity contribution >= 4 is 18.3 Å². The fraction of sp³-hybridized carbons (Fsp3) is 0.611. The Balaban J connectivity index is 0.00000192. The molecule has 0 unspecified atom stereocenters. The lowest BCUT2D eigenvalue weighted by atomic mass is 9.87. The Morgan fingerprint density at radius 3 is 2.91 bits per heavy atom. The standard InChI is InChI=1S/C18H26N2O2.ClH/c1-20-16-10-11-19-12-15(16)8-3-2-6-14-7-4-5-9-17(14)22-13-18(20)21;/h4-5,7,9,15-16,19H,2-3,6,8,10-13H2,1H3;1H/t15-,16+;/m0./s1. The highest BCUT2D eigenvalue weighted by Crippen LogP contribution is 2.26. The molecule has 1 amide bonds. The summed E-state index contributed by atoms with van der Waals surface area (Å²) in [6.45, 7) is 2.17. The van der Waals surface area contributed by atoms with E-state index in [1.54, 1.807) is 0 Å². The number of halogens is 1. The molecule has 1 N–H and O–H groups in total. The van der Waals surface area contributed by atoms with E-state index in [9.17, 15) is 4.79 Å². The second-order valence-electron chi connectivity index (χ2n) is 6.47. The van der Waals surface area contributed by atoms with E-state index in [-0.39, 0.29) is 24.9 Å². The zero-order valence-electron chi connectivity index (χ0n) is 13.8. The Labute approximate surface area is 145 Å². The third kappa shape index (κ3) is 4.39. The fourth-order valence-corrected chi connectivity index (χ4v) is 3.71. The lowest BCUT2D eigenvalue weighted by molar-refractivity contribution is -0.135. The molecule has 1 aromatic rings. The molecule has 0 aliphatic carbocycles. The number of carbonyl (C=O) groups is 1. The van der Waals surface area contributed by atoms with Crippen LogP contribution in [-0.2, 0) is 11.2 Å². The second kappa shape index (κ2) is 8.55. The number of benzene rings is 1. The van der Waals surface area contributed by atoms with E-state index in [4.69, 9.17) is 4.74 Å². The van der Waals surface area contributed by atoms with Crippen molar-refractivity contribution in [2.45, 2.75) is 38.1 Å². The molecule has 128 valence electrons. The third-order valence-corrected chi connectivity index (χ3v) is 5.05. The topological polar surface area (TPSA) is 41.6 Å². The van der Waals surface area contributed by atoms with Crippen LogP contribution in [0.2, 0.25) is 0 Å². The smallest absolute Gasteiger partial charge is 0.260 e. The number of fused-ring (bicyclic) bond motifs is 2. The van der Waals surface area contributed by atoms with Gasteiger partial charge in [0.2, 0.25) is 0 Å². The van der Waals surface area contributed by atoms with E-state index in [0.29, 0.717) is 12.0 Å². The number of nitrogens with zero attached hydrogens (tertiary/aromatic N) is 1. The number of para-hydroxylation sites is 1. The van der Waals surface area contributed by atoms with Gasteiger partial charge in [-0.15, -0.1) is 12.4 Å². The minimum atomic E-state index is 0. The van der Waals surface area contributed by atoms with Gasteiger partial charge in [-0.2, -0.15) is 0 Å². The quantitative estimate of drug-likeness (QED) is 0.790. The van der Waals surface area contributed by atoms with Gasteiger partial charge in [0.1, 0.15) is 5.75 Å². The summed E-state index contributed by atoms with van der Waals surface area (Å²) in [5.74, 6) is 1.52. The molecule has 0 aromatic heterocycles. The van der Waals surface area contributed by atoms with Gasteiger partial charge in [-0.05, 0) is 56.3 Å². The van der Waals surface area contributed by atoms with Gasteiger partial charge in [-0.1, -0.05) is 24.6 Å². The van der Waals surface area contributed by atoms with Crippen LogP contribution in [0, 0.1) is 5.92 Å². The van der Waals surface area contributed by atoms with Gasteiger partial charge in [0.15, 0.2) is 6.61 Å². The molecule has 1 fully saturated rings. The van der Waals surface area contributed by atoms with Crippen LogP contribution in [0.25, 0.3) is 0 Å². The van der Waals surface area contributed by atoms with Crippen molar-refractivity contribution in [2.24, 2.45) is 5.92 Å². The van der Waals surface area contributed by atoms with E-state index < -0.39 is 0 Å². The van der Waals surface area contributed by atoms with Crippen LogP contribution in [0.3, 0.4) is 0 Å². The number of aryl methyl sites for hydroxylation is 1. The molecule has 0 bridgehead atoms. The van der Waals surface area contributed by atoms with Crippen LogP contribution in [-0.4, -0.2) is 43.6 Å². The zero-order valence-corrected chi connectivity index (χ0v) is 14.6. The minimum absolute atomic E-state index is 0. The van der Waals surface area contributed by atoms with Gasteiger partial charge in [0, 0.05) is 13.1 Å². The summed E-state index contributed by atoms with van der Waals surface area (Å²) in [6, 6.07) is 8.46. The number of hydrogen-bond acceptors (Lipinski definition) is 3. The first-order chi connectivity index (χ1) is 10.8. The molecule has 0 saturated carbocycles. The summed E-state index contributed by atoms with van der Waals surface area (Å²) in [7, 11) is 1.94. The molecule has 1 saturated heterocycles. The number of ether oxygens (including phenoxy) is 1. The Morgan fingerprint density at radius 1 is 1.22 bits per heavy atom. The Bertz CT molecular complexity index is 523. The summed E-state index contributed by atoms with van der Waals surface area (Å²) < 4.78 is 5.82. The molecule has 0 radical (unpaired) electrons. The molecule has 3 rings (SSSR count). The van der Waals surface area contributed by atoms with Gasteiger partial charge in [0.05, 0.1) is 0 Å². The zero-order chi connectivity index (χ0) is 15.4. The minimum Gasteiger partial charge on any atom is -0.483 e. The summed E-state index contributed by atoms with van der Waals surface area (Å²) in [5.41, 5.74) is 1.22. The molecular formula is C18H27ClN2O2. The molecule has 4 nitrogen and oxygen atoms in total. The van der Waals surface area contributed by atoms with Crippen molar-refractivity contribution in [1.29, 1.82) is 0 Å². The SMILES string of the molecule is CN1C(=O)COc2ccccc2CCCC[C@H]2CNCC[C@H]21.Cl. The van der Waals surface area contributed by atoms with Crippen LogP contribution in [0.4, 0.5) is 0 Å². The number of piperidine rings is 1. The normalized spacial score (nSPS) is 25.8. The molecule has 2 atom stereocenters. The van der Waals surface area contributed by atoms with E-state index >= 15 is 0 Å². The lowest BCUT2D eigenvalue weighted by Gasteiger charge is -2.38. The molecule has 1 aromatic carbocycles. The average molecular weight is 339 g/mol. The van der Waals surface area contributed by atoms with Gasteiger partial charge in [-0.3, -0.25) is 4.79 Å². The van der Waals surface area contributed by atoms with E-state index in [0.717, 1.165) is 31.7 Å². The predicted molar refractivity (Wildman–Crippen MR) is 94.3 cm³/mol. The molecule has 2 aliphatic heterocycles. The highest BCUT2D eigenvalue weighted by atomic mass is 35.5. The maximum Gasteiger partial charge on any atom is 0.260 e. The molecule has 2 heterocycles. The maximum atomic E-state index is 12.5. The Hall–Kier alpha value is -1.26. The summed E-state index contributed by atoms with van der Waals surface area (Å²) in [5, 5.41) is 3.48. The molecule has 23 heavy (non-hydrogen) atoms. The summed E-state index contributed by atoms with van der Waals surface area (Å²) in [6.07, 6.45) is 5.66. The maximum absolute atomic E-state index is 12.5. The third-order valence-electron chi connectivity index (χ3n) is 5.05. The predicted octanol–water partition coefficient (Wildman–Crippen LogP) is 2.65. The van der Waals surface area contributed by atoms with Crippen LogP contribution in [0.5, 0.6) is 5.75 Å². The number of hydrogen-bond donors (Lipinski definition) is 1.